The average Bonchev–Trinajstić information content (AvgIpc) is 2.84. The fourth-order valence-electron chi connectivity index (χ4n) is 2.70. The van der Waals surface area contributed by atoms with E-state index >= 15 is 0 Å². The fraction of sp³-hybridized carbons (Fsp3) is 0.444. The van der Waals surface area contributed by atoms with Crippen LogP contribution in [0.1, 0.15) is 48.4 Å². The summed E-state index contributed by atoms with van der Waals surface area (Å²) in [6.45, 7) is 8.00. The largest absolute Gasteiger partial charge is 0.361 e. The quantitative estimate of drug-likeness (QED) is 0.877. The van der Waals surface area contributed by atoms with Crippen LogP contribution in [0.5, 0.6) is 0 Å². The van der Waals surface area contributed by atoms with Crippen LogP contribution in [0.2, 0.25) is 0 Å². The number of nitrogens with one attached hydrogen (secondary N) is 1. The molecule has 0 radical (unpaired) electrons. The lowest BCUT2D eigenvalue weighted by Gasteiger charge is -2.14. The molecule has 0 fully saturated rings. The molecule has 1 N–H and O–H groups in total. The topological polar surface area (TPSA) is 55.1 Å². The van der Waals surface area contributed by atoms with E-state index in [4.69, 9.17) is 4.52 Å². The number of para-hydroxylation sites is 1. The lowest BCUT2D eigenvalue weighted by molar-refractivity contribution is -0.116. The maximum Gasteiger partial charge on any atom is 0.224 e. The van der Waals surface area contributed by atoms with Crippen LogP contribution in [-0.4, -0.2) is 11.1 Å². The Balaban J connectivity index is 2.06. The Kier molecular flexibility index (Phi) is 5.36. The van der Waals surface area contributed by atoms with Gasteiger partial charge >= 0.3 is 0 Å². The van der Waals surface area contributed by atoms with Crippen LogP contribution in [0, 0.1) is 13.8 Å². The van der Waals surface area contributed by atoms with Crippen molar-refractivity contribution < 1.29 is 9.32 Å². The monoisotopic (exact) mass is 300 g/mol. The minimum absolute atomic E-state index is 0.0376. The number of anilines is 1. The van der Waals surface area contributed by atoms with Gasteiger partial charge in [-0.3, -0.25) is 4.79 Å². The summed E-state index contributed by atoms with van der Waals surface area (Å²) in [6.07, 6.45) is 2.91. The molecular formula is C18H24N2O2. The predicted molar refractivity (Wildman–Crippen MR) is 88.1 cm³/mol. The van der Waals surface area contributed by atoms with Crippen molar-refractivity contribution in [2.24, 2.45) is 0 Å². The van der Waals surface area contributed by atoms with Gasteiger partial charge in [0.15, 0.2) is 0 Å². The van der Waals surface area contributed by atoms with Crippen molar-refractivity contribution in [1.29, 1.82) is 0 Å². The first-order valence-corrected chi connectivity index (χ1v) is 7.89. The van der Waals surface area contributed by atoms with Crippen molar-refractivity contribution in [2.75, 3.05) is 5.32 Å². The zero-order valence-corrected chi connectivity index (χ0v) is 13.8. The first-order chi connectivity index (χ1) is 10.6. The summed E-state index contributed by atoms with van der Waals surface area (Å²) in [5.41, 5.74) is 5.26. The molecule has 4 heteroatoms. The van der Waals surface area contributed by atoms with E-state index in [0.717, 1.165) is 35.5 Å². The molecule has 4 nitrogen and oxygen atoms in total. The minimum atomic E-state index is 0.0376. The molecule has 0 aliphatic heterocycles. The van der Waals surface area contributed by atoms with E-state index in [1.54, 1.807) is 0 Å². The highest BCUT2D eigenvalue weighted by atomic mass is 16.5. The summed E-state index contributed by atoms with van der Waals surface area (Å²) in [7, 11) is 0. The number of aryl methyl sites for hydroxylation is 4. The van der Waals surface area contributed by atoms with Gasteiger partial charge in [0.25, 0.3) is 0 Å². The Morgan fingerprint density at radius 1 is 1.18 bits per heavy atom. The summed E-state index contributed by atoms with van der Waals surface area (Å²) in [5.74, 6) is 0.837. The Hall–Kier alpha value is -2.10. The molecule has 2 aromatic rings. The van der Waals surface area contributed by atoms with Gasteiger partial charge in [0, 0.05) is 17.7 Å². The van der Waals surface area contributed by atoms with Crippen molar-refractivity contribution in [3.8, 4) is 0 Å². The van der Waals surface area contributed by atoms with Crippen LogP contribution < -0.4 is 5.32 Å². The second-order valence-corrected chi connectivity index (χ2v) is 5.51. The highest BCUT2D eigenvalue weighted by Crippen LogP contribution is 2.23. The Morgan fingerprint density at radius 2 is 1.82 bits per heavy atom. The molecule has 2 rings (SSSR count). The third-order valence-electron chi connectivity index (χ3n) is 4.05. The van der Waals surface area contributed by atoms with E-state index in [0.29, 0.717) is 12.8 Å². The molecular weight excluding hydrogens is 276 g/mol. The Labute approximate surface area is 131 Å². The molecule has 0 atom stereocenters. The maximum absolute atomic E-state index is 12.3. The minimum Gasteiger partial charge on any atom is -0.361 e. The van der Waals surface area contributed by atoms with E-state index < -0.39 is 0 Å². The lowest BCUT2D eigenvalue weighted by Crippen LogP contribution is -2.15. The first kappa shape index (κ1) is 16.3. The van der Waals surface area contributed by atoms with Crippen molar-refractivity contribution in [2.45, 2.75) is 53.4 Å². The van der Waals surface area contributed by atoms with Gasteiger partial charge in [-0.2, -0.15) is 0 Å². The third kappa shape index (κ3) is 3.56. The Morgan fingerprint density at radius 3 is 2.32 bits per heavy atom. The average molecular weight is 300 g/mol. The molecule has 0 aliphatic carbocycles. The fourth-order valence-corrected chi connectivity index (χ4v) is 2.70. The normalized spacial score (nSPS) is 10.7. The van der Waals surface area contributed by atoms with Gasteiger partial charge < -0.3 is 9.84 Å². The van der Waals surface area contributed by atoms with Gasteiger partial charge in [0.05, 0.1) is 5.69 Å². The van der Waals surface area contributed by atoms with Gasteiger partial charge in [-0.05, 0) is 44.2 Å². The van der Waals surface area contributed by atoms with Crippen molar-refractivity contribution in [3.05, 3.63) is 46.3 Å². The highest BCUT2D eigenvalue weighted by Gasteiger charge is 2.13. The highest BCUT2D eigenvalue weighted by molar-refractivity contribution is 5.92. The van der Waals surface area contributed by atoms with Crippen LogP contribution in [-0.2, 0) is 24.1 Å². The van der Waals surface area contributed by atoms with Crippen LogP contribution in [0.3, 0.4) is 0 Å². The van der Waals surface area contributed by atoms with Gasteiger partial charge in [-0.15, -0.1) is 0 Å². The second-order valence-electron chi connectivity index (χ2n) is 5.51. The zero-order valence-electron chi connectivity index (χ0n) is 13.8. The SMILES string of the molecule is CCc1cccc(CC)c1NC(=O)CCc1c(C)noc1C. The molecule has 0 saturated carbocycles. The predicted octanol–water partition coefficient (Wildman–Crippen LogP) is 3.99. The molecule has 1 aromatic carbocycles. The number of carbonyl (C=O) groups excluding carboxylic acids is 1. The summed E-state index contributed by atoms with van der Waals surface area (Å²) < 4.78 is 5.14. The number of nitrogens with zero attached hydrogens (tertiary/aromatic N) is 1. The van der Waals surface area contributed by atoms with E-state index in [1.807, 2.05) is 13.8 Å². The standard InChI is InChI=1S/C18H24N2O2/c1-5-14-8-7-9-15(6-2)18(14)19-17(21)11-10-16-12(3)20-22-13(16)4/h7-9H,5-6,10-11H2,1-4H3,(H,19,21). The number of hydrogen-bond donors (Lipinski definition) is 1. The molecule has 0 unspecified atom stereocenters. The van der Waals surface area contributed by atoms with Crippen molar-refractivity contribution >= 4 is 11.6 Å². The van der Waals surface area contributed by atoms with Crippen LogP contribution >= 0.6 is 0 Å². The molecule has 0 spiro atoms. The van der Waals surface area contributed by atoms with Crippen molar-refractivity contribution in [1.82, 2.24) is 5.16 Å². The second kappa shape index (κ2) is 7.25. The molecule has 0 saturated heterocycles. The van der Waals surface area contributed by atoms with Gasteiger partial charge in [-0.25, -0.2) is 0 Å². The van der Waals surface area contributed by atoms with E-state index in [9.17, 15) is 4.79 Å². The first-order valence-electron chi connectivity index (χ1n) is 7.89. The molecule has 0 bridgehead atoms. The van der Waals surface area contributed by atoms with Crippen LogP contribution in [0.25, 0.3) is 0 Å². The smallest absolute Gasteiger partial charge is 0.224 e. The molecule has 1 amide bonds. The lowest BCUT2D eigenvalue weighted by atomic mass is 10.0. The number of benzene rings is 1. The summed E-state index contributed by atoms with van der Waals surface area (Å²) in [6, 6.07) is 6.20. The zero-order chi connectivity index (χ0) is 16.1. The van der Waals surface area contributed by atoms with Crippen molar-refractivity contribution in [3.63, 3.8) is 0 Å². The Bertz CT molecular complexity index is 617. The summed E-state index contributed by atoms with van der Waals surface area (Å²) >= 11 is 0. The molecule has 1 heterocycles. The maximum atomic E-state index is 12.3. The molecule has 22 heavy (non-hydrogen) atoms. The summed E-state index contributed by atoms with van der Waals surface area (Å²) in [5, 5.41) is 7.02. The van der Waals surface area contributed by atoms with E-state index in [1.165, 1.54) is 11.1 Å². The molecule has 118 valence electrons. The third-order valence-corrected chi connectivity index (χ3v) is 4.05. The number of aromatic nitrogens is 1. The molecule has 0 aliphatic rings. The number of amides is 1. The molecule has 1 aromatic heterocycles. The van der Waals surface area contributed by atoms with E-state index in [2.05, 4.69) is 42.5 Å². The van der Waals surface area contributed by atoms with Crippen LogP contribution in [0.4, 0.5) is 5.69 Å². The number of hydrogen-bond acceptors (Lipinski definition) is 3. The number of carbonyl (C=O) groups is 1. The number of rotatable bonds is 6. The van der Waals surface area contributed by atoms with E-state index in [-0.39, 0.29) is 5.91 Å². The van der Waals surface area contributed by atoms with Gasteiger partial charge in [0.2, 0.25) is 5.91 Å². The van der Waals surface area contributed by atoms with Gasteiger partial charge in [-0.1, -0.05) is 37.2 Å². The van der Waals surface area contributed by atoms with Gasteiger partial charge in [0.1, 0.15) is 5.76 Å². The summed E-state index contributed by atoms with van der Waals surface area (Å²) in [4.78, 5) is 12.3. The van der Waals surface area contributed by atoms with Crippen LogP contribution in [0.15, 0.2) is 22.7 Å².